The van der Waals surface area contributed by atoms with E-state index in [1.165, 1.54) is 7.11 Å². The van der Waals surface area contributed by atoms with Crippen LogP contribution in [0.15, 0.2) is 0 Å². The zero-order valence-corrected chi connectivity index (χ0v) is 10.5. The molecule has 0 bridgehead atoms. The fourth-order valence-electron chi connectivity index (χ4n) is 2.72. The van der Waals surface area contributed by atoms with Crippen molar-refractivity contribution >= 4 is 0 Å². The molecule has 1 aliphatic rings. The topological polar surface area (TPSA) is 35.9 Å². The minimum absolute atomic E-state index is 0.457. The average molecular weight is 216 g/mol. The molecule has 0 aromatic rings. The number of aliphatic hydroxyl groups excluding tert-OH is 1. The monoisotopic (exact) mass is 216 g/mol. The molecule has 1 N–H and O–H groups in total. The van der Waals surface area contributed by atoms with Crippen LogP contribution in [0, 0.1) is 0 Å². The number of aliphatic hydroxyl groups is 1. The number of ether oxygens (including phenoxy) is 1. The van der Waals surface area contributed by atoms with Crippen molar-refractivity contribution in [1.82, 2.24) is 9.80 Å². The smallest absolute Gasteiger partial charge is 0.215 e. The second kappa shape index (κ2) is 5.25. The van der Waals surface area contributed by atoms with Crippen molar-refractivity contribution in [1.29, 1.82) is 0 Å². The summed E-state index contributed by atoms with van der Waals surface area (Å²) in [5.74, 6) is 0. The lowest BCUT2D eigenvalue weighted by atomic mass is 10.1. The van der Waals surface area contributed by atoms with Gasteiger partial charge in [0.15, 0.2) is 0 Å². The standard InChI is InChI=1S/C11H24N2O2/c1-8(2)13-9(3)6-12(7-10(13)4)11(14)15-5/h8-11,14H,6-7H2,1-5H3/t9-,10+,11?. The SMILES string of the molecule is COC(O)N1C[C@@H](C)N(C(C)C)[C@@H](C)C1. The van der Waals surface area contributed by atoms with Crippen molar-refractivity contribution in [2.75, 3.05) is 20.2 Å². The third-order valence-corrected chi connectivity index (χ3v) is 3.13. The third kappa shape index (κ3) is 2.91. The fraction of sp³-hybridized carbons (Fsp3) is 1.00. The second-order valence-corrected chi connectivity index (χ2v) is 4.75. The zero-order valence-electron chi connectivity index (χ0n) is 10.5. The van der Waals surface area contributed by atoms with E-state index in [1.54, 1.807) is 0 Å². The Morgan fingerprint density at radius 2 is 1.67 bits per heavy atom. The highest BCUT2D eigenvalue weighted by Gasteiger charge is 2.33. The van der Waals surface area contributed by atoms with Gasteiger partial charge >= 0.3 is 0 Å². The normalized spacial score (nSPS) is 32.2. The van der Waals surface area contributed by atoms with E-state index in [1.807, 2.05) is 4.90 Å². The van der Waals surface area contributed by atoms with E-state index < -0.39 is 6.41 Å². The highest BCUT2D eigenvalue weighted by molar-refractivity contribution is 4.86. The maximum Gasteiger partial charge on any atom is 0.215 e. The summed E-state index contributed by atoms with van der Waals surface area (Å²) in [6, 6.07) is 1.47. The molecule has 1 saturated heterocycles. The molecule has 4 heteroatoms. The molecule has 90 valence electrons. The summed E-state index contributed by atoms with van der Waals surface area (Å²) < 4.78 is 4.94. The van der Waals surface area contributed by atoms with Gasteiger partial charge in [-0.3, -0.25) is 9.80 Å². The van der Waals surface area contributed by atoms with Gasteiger partial charge in [0.2, 0.25) is 6.41 Å². The van der Waals surface area contributed by atoms with Crippen LogP contribution < -0.4 is 0 Å². The average Bonchev–Trinajstić information content (AvgIpc) is 2.14. The number of methoxy groups -OCH3 is 1. The molecule has 0 aromatic carbocycles. The van der Waals surface area contributed by atoms with Crippen LogP contribution in [0.5, 0.6) is 0 Å². The summed E-state index contributed by atoms with van der Waals surface area (Å²) in [6.45, 7) is 10.6. The molecule has 0 aliphatic carbocycles. The van der Waals surface area contributed by atoms with Crippen LogP contribution >= 0.6 is 0 Å². The van der Waals surface area contributed by atoms with E-state index in [9.17, 15) is 5.11 Å². The van der Waals surface area contributed by atoms with Crippen molar-refractivity contribution in [2.24, 2.45) is 0 Å². The van der Waals surface area contributed by atoms with Crippen molar-refractivity contribution < 1.29 is 9.84 Å². The summed E-state index contributed by atoms with van der Waals surface area (Å²) in [7, 11) is 1.54. The first-order chi connectivity index (χ1) is 6.97. The van der Waals surface area contributed by atoms with E-state index in [2.05, 4.69) is 32.6 Å². The number of hydrogen-bond donors (Lipinski definition) is 1. The van der Waals surface area contributed by atoms with Crippen LogP contribution in [0.4, 0.5) is 0 Å². The summed E-state index contributed by atoms with van der Waals surface area (Å²) in [5, 5.41) is 9.63. The highest BCUT2D eigenvalue weighted by atomic mass is 16.6. The van der Waals surface area contributed by atoms with Gasteiger partial charge < -0.3 is 9.84 Å². The first-order valence-corrected chi connectivity index (χ1v) is 5.69. The molecule has 1 unspecified atom stereocenters. The maximum absolute atomic E-state index is 9.63. The molecule has 0 spiro atoms. The summed E-state index contributed by atoms with van der Waals surface area (Å²) in [4.78, 5) is 4.47. The van der Waals surface area contributed by atoms with Crippen molar-refractivity contribution in [3.63, 3.8) is 0 Å². The Morgan fingerprint density at radius 3 is 2.00 bits per heavy atom. The van der Waals surface area contributed by atoms with Crippen LogP contribution in [0.1, 0.15) is 27.7 Å². The van der Waals surface area contributed by atoms with Crippen LogP contribution in [-0.2, 0) is 4.74 Å². The number of hydrogen-bond acceptors (Lipinski definition) is 4. The van der Waals surface area contributed by atoms with Crippen LogP contribution in [0.3, 0.4) is 0 Å². The van der Waals surface area contributed by atoms with Crippen LogP contribution in [0.25, 0.3) is 0 Å². The van der Waals surface area contributed by atoms with Gasteiger partial charge in [-0.25, -0.2) is 0 Å². The lowest BCUT2D eigenvalue weighted by Crippen LogP contribution is -2.61. The number of nitrogens with zero attached hydrogens (tertiary/aromatic N) is 2. The van der Waals surface area contributed by atoms with Gasteiger partial charge in [-0.05, 0) is 27.7 Å². The number of rotatable bonds is 3. The zero-order chi connectivity index (χ0) is 11.6. The molecule has 0 amide bonds. The molecule has 1 rings (SSSR count). The fourth-order valence-corrected chi connectivity index (χ4v) is 2.72. The second-order valence-electron chi connectivity index (χ2n) is 4.75. The third-order valence-electron chi connectivity index (χ3n) is 3.13. The van der Waals surface area contributed by atoms with E-state index >= 15 is 0 Å². The van der Waals surface area contributed by atoms with Crippen molar-refractivity contribution in [3.05, 3.63) is 0 Å². The summed E-state index contributed by atoms with van der Waals surface area (Å²) in [6.07, 6.45) is -0.760. The molecule has 0 saturated carbocycles. The van der Waals surface area contributed by atoms with Crippen molar-refractivity contribution in [2.45, 2.75) is 52.2 Å². The minimum atomic E-state index is -0.760. The lowest BCUT2D eigenvalue weighted by molar-refractivity contribution is -0.197. The molecule has 4 nitrogen and oxygen atoms in total. The van der Waals surface area contributed by atoms with Crippen molar-refractivity contribution in [3.8, 4) is 0 Å². The Bertz CT molecular complexity index is 187. The Morgan fingerprint density at radius 1 is 1.20 bits per heavy atom. The van der Waals surface area contributed by atoms with E-state index in [0.29, 0.717) is 18.1 Å². The Kier molecular flexibility index (Phi) is 4.52. The first-order valence-electron chi connectivity index (χ1n) is 5.69. The molecule has 1 aliphatic heterocycles. The molecule has 15 heavy (non-hydrogen) atoms. The van der Waals surface area contributed by atoms with Gasteiger partial charge in [0, 0.05) is 38.3 Å². The predicted octanol–water partition coefficient (Wildman–Crippen LogP) is 0.712. The maximum atomic E-state index is 9.63. The molecular formula is C11H24N2O2. The molecular weight excluding hydrogens is 192 g/mol. The van der Waals surface area contributed by atoms with Crippen LogP contribution in [0.2, 0.25) is 0 Å². The van der Waals surface area contributed by atoms with Gasteiger partial charge in [-0.15, -0.1) is 0 Å². The van der Waals surface area contributed by atoms with Gasteiger partial charge in [0.25, 0.3) is 0 Å². The predicted molar refractivity (Wildman–Crippen MR) is 60.5 cm³/mol. The minimum Gasteiger partial charge on any atom is -0.356 e. The van der Waals surface area contributed by atoms with E-state index in [4.69, 9.17) is 4.74 Å². The highest BCUT2D eigenvalue weighted by Crippen LogP contribution is 2.19. The van der Waals surface area contributed by atoms with Gasteiger partial charge in [-0.2, -0.15) is 0 Å². The largest absolute Gasteiger partial charge is 0.356 e. The Hall–Kier alpha value is -0.160. The molecule has 1 heterocycles. The summed E-state index contributed by atoms with van der Waals surface area (Å²) in [5.41, 5.74) is 0. The molecule has 0 aromatic heterocycles. The first kappa shape index (κ1) is 12.9. The Balaban J connectivity index is 2.62. The molecule has 0 radical (unpaired) electrons. The molecule has 3 atom stereocenters. The summed E-state index contributed by atoms with van der Waals surface area (Å²) >= 11 is 0. The Labute approximate surface area is 92.8 Å². The quantitative estimate of drug-likeness (QED) is 0.705. The van der Waals surface area contributed by atoms with E-state index in [0.717, 1.165) is 13.1 Å². The van der Waals surface area contributed by atoms with Gasteiger partial charge in [0.1, 0.15) is 0 Å². The van der Waals surface area contributed by atoms with E-state index in [-0.39, 0.29) is 0 Å². The van der Waals surface area contributed by atoms with Crippen LogP contribution in [-0.4, -0.2) is 59.6 Å². The molecule has 1 fully saturated rings. The number of piperazine rings is 1. The van der Waals surface area contributed by atoms with Gasteiger partial charge in [-0.1, -0.05) is 0 Å². The lowest BCUT2D eigenvalue weighted by Gasteiger charge is -2.47. The van der Waals surface area contributed by atoms with Gasteiger partial charge in [0.05, 0.1) is 0 Å².